The SMILES string of the molecule is CC12CCC(CC1=O)C2(C)C.Oc1ccccc1.[MgH2]. The van der Waals surface area contributed by atoms with Crippen LogP contribution in [0, 0.1) is 16.7 Å². The highest BCUT2D eigenvalue weighted by Gasteiger charge is 2.61. The van der Waals surface area contributed by atoms with Gasteiger partial charge in [0.15, 0.2) is 0 Å². The number of hydrogen-bond donors (Lipinski definition) is 1. The van der Waals surface area contributed by atoms with Crippen molar-refractivity contribution >= 4 is 28.8 Å². The van der Waals surface area contributed by atoms with Gasteiger partial charge in [0, 0.05) is 11.8 Å². The topological polar surface area (TPSA) is 37.3 Å². The number of rotatable bonds is 0. The molecule has 2 aliphatic carbocycles. The van der Waals surface area contributed by atoms with Crippen LogP contribution >= 0.6 is 0 Å². The summed E-state index contributed by atoms with van der Waals surface area (Å²) in [5.41, 5.74) is 0.307. The number of carbonyl (C=O) groups excluding carboxylic acids is 1. The molecule has 2 bridgehead atoms. The fraction of sp³-hybridized carbons (Fsp3) is 0.562. The fourth-order valence-corrected chi connectivity index (χ4v) is 3.33. The molecule has 1 aromatic rings. The molecule has 2 unspecified atom stereocenters. The third kappa shape index (κ3) is 2.82. The van der Waals surface area contributed by atoms with Crippen molar-refractivity contribution in [3.63, 3.8) is 0 Å². The average molecular weight is 273 g/mol. The Bertz CT molecular complexity index is 441. The molecule has 2 saturated carbocycles. The number of carbonyl (C=O) groups is 1. The van der Waals surface area contributed by atoms with Crippen molar-refractivity contribution < 1.29 is 9.90 Å². The monoisotopic (exact) mass is 272 g/mol. The summed E-state index contributed by atoms with van der Waals surface area (Å²) in [7, 11) is 0. The Morgan fingerprint density at radius 1 is 1.16 bits per heavy atom. The van der Waals surface area contributed by atoms with Gasteiger partial charge in [-0.05, 0) is 36.3 Å². The van der Waals surface area contributed by atoms with Gasteiger partial charge >= 0.3 is 23.1 Å². The van der Waals surface area contributed by atoms with Gasteiger partial charge in [-0.2, -0.15) is 0 Å². The summed E-state index contributed by atoms with van der Waals surface area (Å²) in [6, 6.07) is 8.71. The molecule has 19 heavy (non-hydrogen) atoms. The maximum Gasteiger partial charge on any atom is 0.316 e. The second-order valence-corrected chi connectivity index (χ2v) is 6.25. The lowest BCUT2D eigenvalue weighted by Crippen LogP contribution is -2.32. The summed E-state index contributed by atoms with van der Waals surface area (Å²) in [4.78, 5) is 11.6. The molecule has 2 aliphatic rings. The number of fused-ring (bicyclic) bond motifs is 2. The minimum absolute atomic E-state index is 0. The lowest BCUT2D eigenvalue weighted by atomic mass is 9.70. The van der Waals surface area contributed by atoms with E-state index in [0.29, 0.717) is 17.5 Å². The van der Waals surface area contributed by atoms with E-state index in [2.05, 4.69) is 20.8 Å². The Balaban J connectivity index is 0.000000198. The van der Waals surface area contributed by atoms with E-state index in [1.165, 1.54) is 6.42 Å². The highest BCUT2D eigenvalue weighted by molar-refractivity contribution is 5.89. The van der Waals surface area contributed by atoms with Gasteiger partial charge in [-0.1, -0.05) is 39.0 Å². The smallest absolute Gasteiger partial charge is 0.316 e. The molecule has 3 heteroatoms. The van der Waals surface area contributed by atoms with E-state index < -0.39 is 0 Å². The predicted octanol–water partition coefficient (Wildman–Crippen LogP) is 2.88. The Labute approximate surface area is 131 Å². The van der Waals surface area contributed by atoms with Gasteiger partial charge in [-0.3, -0.25) is 4.79 Å². The normalized spacial score (nSPS) is 30.3. The molecule has 0 radical (unpaired) electrons. The molecule has 1 N–H and O–H groups in total. The number of benzene rings is 1. The lowest BCUT2D eigenvalue weighted by Gasteiger charge is -2.32. The standard InChI is InChI=1S/C10H16O.C6H6O.Mg.2H/c1-9(2)7-4-5-10(9,3)8(11)6-7;7-6-4-2-1-3-5-6;;;/h7H,4-6H2,1-3H3;1-5,7H;;;. The van der Waals surface area contributed by atoms with Gasteiger partial charge in [0.25, 0.3) is 0 Å². The highest BCUT2D eigenvalue weighted by atomic mass is 24.3. The first-order chi connectivity index (χ1) is 8.38. The number of ketones is 1. The van der Waals surface area contributed by atoms with E-state index in [1.54, 1.807) is 24.3 Å². The Morgan fingerprint density at radius 3 is 1.95 bits per heavy atom. The molecule has 2 fully saturated rings. The van der Waals surface area contributed by atoms with E-state index in [-0.39, 0.29) is 33.9 Å². The zero-order valence-electron chi connectivity index (χ0n) is 11.4. The van der Waals surface area contributed by atoms with E-state index in [0.717, 1.165) is 12.8 Å². The first-order valence-corrected chi connectivity index (χ1v) is 6.65. The molecule has 0 aromatic heterocycles. The van der Waals surface area contributed by atoms with Crippen molar-refractivity contribution in [2.24, 2.45) is 16.7 Å². The van der Waals surface area contributed by atoms with E-state index in [4.69, 9.17) is 5.11 Å². The van der Waals surface area contributed by atoms with Crippen LogP contribution in [0.4, 0.5) is 0 Å². The molecule has 0 spiro atoms. The highest BCUT2D eigenvalue weighted by Crippen LogP contribution is 2.63. The minimum Gasteiger partial charge on any atom is -0.508 e. The lowest BCUT2D eigenvalue weighted by molar-refractivity contribution is -0.128. The maximum absolute atomic E-state index is 11.6. The third-order valence-corrected chi connectivity index (χ3v) is 5.24. The number of Topliss-reactive ketones (excluding diaryl/α,β-unsaturated/α-hetero) is 1. The van der Waals surface area contributed by atoms with Gasteiger partial charge < -0.3 is 5.11 Å². The van der Waals surface area contributed by atoms with Crippen molar-refractivity contribution in [3.8, 4) is 5.75 Å². The maximum atomic E-state index is 11.6. The third-order valence-electron chi connectivity index (χ3n) is 5.24. The molecule has 3 rings (SSSR count). The second-order valence-electron chi connectivity index (χ2n) is 6.25. The van der Waals surface area contributed by atoms with Crippen LogP contribution in [0.1, 0.15) is 40.0 Å². The van der Waals surface area contributed by atoms with Gasteiger partial charge in [0.05, 0.1) is 0 Å². The Morgan fingerprint density at radius 2 is 1.74 bits per heavy atom. The molecule has 0 saturated heterocycles. The first kappa shape index (κ1) is 16.5. The summed E-state index contributed by atoms with van der Waals surface area (Å²) in [6.45, 7) is 6.67. The number of phenols is 1. The number of para-hydroxylation sites is 1. The zero-order valence-corrected chi connectivity index (χ0v) is 11.4. The Hall–Kier alpha value is -0.544. The number of hydrogen-bond acceptors (Lipinski definition) is 2. The van der Waals surface area contributed by atoms with Crippen molar-refractivity contribution in [1.82, 2.24) is 0 Å². The van der Waals surface area contributed by atoms with Crippen molar-refractivity contribution in [3.05, 3.63) is 30.3 Å². The summed E-state index contributed by atoms with van der Waals surface area (Å²) in [6.07, 6.45) is 3.25. The van der Waals surface area contributed by atoms with E-state index >= 15 is 0 Å². The molecule has 2 nitrogen and oxygen atoms in total. The summed E-state index contributed by atoms with van der Waals surface area (Å²) in [5.74, 6) is 1.52. The molecule has 1 aromatic carbocycles. The Kier molecular flexibility index (Phi) is 5.07. The van der Waals surface area contributed by atoms with E-state index in [9.17, 15) is 4.79 Å². The molecule has 0 heterocycles. The largest absolute Gasteiger partial charge is 0.508 e. The zero-order chi connectivity index (χ0) is 13.4. The van der Waals surface area contributed by atoms with Crippen molar-refractivity contribution in [2.45, 2.75) is 40.0 Å². The molecular weight excluding hydrogens is 248 g/mol. The molecular formula is C16H24MgO2. The van der Waals surface area contributed by atoms with E-state index in [1.807, 2.05) is 6.07 Å². The van der Waals surface area contributed by atoms with Crippen molar-refractivity contribution in [1.29, 1.82) is 0 Å². The number of aromatic hydroxyl groups is 1. The molecule has 102 valence electrons. The molecule has 0 amide bonds. The molecule has 0 aliphatic heterocycles. The van der Waals surface area contributed by atoms with Crippen LogP contribution < -0.4 is 0 Å². The van der Waals surface area contributed by atoms with Gasteiger partial charge in [0.1, 0.15) is 11.5 Å². The minimum atomic E-state index is 0. The van der Waals surface area contributed by atoms with Gasteiger partial charge in [-0.15, -0.1) is 0 Å². The average Bonchev–Trinajstić information content (AvgIpc) is 2.64. The quantitative estimate of drug-likeness (QED) is 0.738. The summed E-state index contributed by atoms with van der Waals surface area (Å²) >= 11 is 0. The molecule has 2 atom stereocenters. The number of phenolic OH excluding ortho intramolecular Hbond substituents is 1. The van der Waals surface area contributed by atoms with Gasteiger partial charge in [0.2, 0.25) is 0 Å². The first-order valence-electron chi connectivity index (χ1n) is 6.65. The predicted molar refractivity (Wildman–Crippen MR) is 80.9 cm³/mol. The van der Waals surface area contributed by atoms with Crippen molar-refractivity contribution in [2.75, 3.05) is 0 Å². The van der Waals surface area contributed by atoms with Gasteiger partial charge in [-0.25, -0.2) is 0 Å². The van der Waals surface area contributed by atoms with Crippen LogP contribution in [0.2, 0.25) is 0 Å². The summed E-state index contributed by atoms with van der Waals surface area (Å²) < 4.78 is 0. The fourth-order valence-electron chi connectivity index (χ4n) is 3.33. The van der Waals surface area contributed by atoms with Crippen LogP contribution in [-0.2, 0) is 4.79 Å². The van der Waals surface area contributed by atoms with Crippen LogP contribution in [0.15, 0.2) is 30.3 Å². The van der Waals surface area contributed by atoms with Crippen LogP contribution in [0.3, 0.4) is 0 Å². The van der Waals surface area contributed by atoms with Crippen LogP contribution in [0.5, 0.6) is 5.75 Å². The second kappa shape index (κ2) is 5.84. The summed E-state index contributed by atoms with van der Waals surface area (Å²) in [5, 5.41) is 8.63. The van der Waals surface area contributed by atoms with Crippen LogP contribution in [-0.4, -0.2) is 33.9 Å². The van der Waals surface area contributed by atoms with Crippen LogP contribution in [0.25, 0.3) is 0 Å².